The summed E-state index contributed by atoms with van der Waals surface area (Å²) in [5.41, 5.74) is 0.381. The lowest BCUT2D eigenvalue weighted by atomic mass is 10.2. The molecule has 5 heteroatoms. The van der Waals surface area contributed by atoms with Gasteiger partial charge in [0.1, 0.15) is 18.2 Å². The molecule has 0 aromatic carbocycles. The number of rotatable bonds is 5. The van der Waals surface area contributed by atoms with Gasteiger partial charge in [0.05, 0.1) is 0 Å². The van der Waals surface area contributed by atoms with Crippen molar-refractivity contribution >= 4 is 11.6 Å². The molecule has 1 aromatic heterocycles. The largest absolute Gasteiger partial charge is 0.377 e. The van der Waals surface area contributed by atoms with Gasteiger partial charge in [-0.2, -0.15) is 0 Å². The normalized spacial score (nSPS) is 21.1. The summed E-state index contributed by atoms with van der Waals surface area (Å²) >= 11 is 0. The average Bonchev–Trinajstić information content (AvgIpc) is 2.86. The molecule has 1 atom stereocenters. The van der Waals surface area contributed by atoms with Crippen molar-refractivity contribution in [3.63, 3.8) is 0 Å². The Morgan fingerprint density at radius 1 is 1.41 bits per heavy atom. The van der Waals surface area contributed by atoms with Crippen LogP contribution in [0.4, 0.5) is 11.6 Å². The summed E-state index contributed by atoms with van der Waals surface area (Å²) in [7, 11) is 3.50. The third-order valence-corrected chi connectivity index (χ3v) is 3.14. The first-order chi connectivity index (χ1) is 8.05. The molecule has 0 aliphatic heterocycles. The molecule has 1 aliphatic carbocycles. The Labute approximate surface area is 102 Å². The lowest BCUT2D eigenvalue weighted by Gasteiger charge is -2.10. The zero-order chi connectivity index (χ0) is 12.5. The average molecular weight is 236 g/mol. The van der Waals surface area contributed by atoms with Crippen LogP contribution in [-0.4, -0.2) is 30.2 Å². The summed E-state index contributed by atoms with van der Waals surface area (Å²) in [6.07, 6.45) is 1.19. The van der Waals surface area contributed by atoms with E-state index < -0.39 is 0 Å². The molecular formula is C12H20N4O. The molecule has 1 unspecified atom stereocenters. The first-order valence-corrected chi connectivity index (χ1v) is 5.86. The van der Waals surface area contributed by atoms with Gasteiger partial charge in [0, 0.05) is 26.3 Å². The summed E-state index contributed by atoms with van der Waals surface area (Å²) in [6, 6.07) is 2.44. The van der Waals surface area contributed by atoms with Gasteiger partial charge in [-0.1, -0.05) is 13.8 Å². The van der Waals surface area contributed by atoms with Crippen molar-refractivity contribution in [1.29, 1.82) is 0 Å². The van der Waals surface area contributed by atoms with Gasteiger partial charge in [0.15, 0.2) is 5.82 Å². The number of nitrogens with one attached hydrogen (secondary N) is 2. The van der Waals surface area contributed by atoms with E-state index in [1.165, 1.54) is 6.42 Å². The van der Waals surface area contributed by atoms with Gasteiger partial charge >= 0.3 is 0 Å². The Morgan fingerprint density at radius 2 is 2.06 bits per heavy atom. The van der Waals surface area contributed by atoms with Crippen molar-refractivity contribution in [2.45, 2.75) is 32.9 Å². The Morgan fingerprint density at radius 3 is 2.59 bits per heavy atom. The van der Waals surface area contributed by atoms with E-state index in [4.69, 9.17) is 4.74 Å². The minimum Gasteiger partial charge on any atom is -0.377 e. The predicted octanol–water partition coefficient (Wildman–Crippen LogP) is 1.88. The SMILES string of the molecule is CNc1cc(NC2CC2(C)C)nc(COC)n1. The number of anilines is 2. The summed E-state index contributed by atoms with van der Waals surface area (Å²) < 4.78 is 5.06. The maximum Gasteiger partial charge on any atom is 0.158 e. The number of hydrogen-bond acceptors (Lipinski definition) is 5. The minimum atomic E-state index is 0.381. The minimum absolute atomic E-state index is 0.381. The Balaban J connectivity index is 2.12. The van der Waals surface area contributed by atoms with Crippen molar-refractivity contribution < 1.29 is 4.74 Å². The summed E-state index contributed by atoms with van der Waals surface area (Å²) in [5.74, 6) is 2.38. The first-order valence-electron chi connectivity index (χ1n) is 5.86. The fourth-order valence-electron chi connectivity index (χ4n) is 1.78. The van der Waals surface area contributed by atoms with Crippen molar-refractivity contribution in [2.75, 3.05) is 24.8 Å². The second-order valence-corrected chi connectivity index (χ2v) is 5.13. The van der Waals surface area contributed by atoms with Crippen molar-refractivity contribution in [3.05, 3.63) is 11.9 Å². The van der Waals surface area contributed by atoms with Gasteiger partial charge in [-0.3, -0.25) is 0 Å². The number of methoxy groups -OCH3 is 1. The third kappa shape index (κ3) is 2.85. The molecule has 1 fully saturated rings. The number of aromatic nitrogens is 2. The molecule has 0 amide bonds. The third-order valence-electron chi connectivity index (χ3n) is 3.14. The number of ether oxygens (including phenoxy) is 1. The molecule has 1 saturated carbocycles. The summed E-state index contributed by atoms with van der Waals surface area (Å²) in [5, 5.41) is 6.47. The molecule has 0 spiro atoms. The van der Waals surface area contributed by atoms with Crippen LogP contribution >= 0.6 is 0 Å². The predicted molar refractivity (Wildman–Crippen MR) is 68.1 cm³/mol. The van der Waals surface area contributed by atoms with E-state index in [0.717, 1.165) is 11.6 Å². The number of hydrogen-bond donors (Lipinski definition) is 2. The standard InChI is InChI=1S/C12H20N4O/c1-12(2)6-8(12)14-10-5-9(13-3)15-11(16-10)7-17-4/h5,8H,6-7H2,1-4H3,(H2,13,14,15,16). The highest BCUT2D eigenvalue weighted by atomic mass is 16.5. The Kier molecular flexibility index (Phi) is 3.19. The van der Waals surface area contributed by atoms with E-state index in [9.17, 15) is 0 Å². The molecule has 5 nitrogen and oxygen atoms in total. The highest BCUT2D eigenvalue weighted by molar-refractivity contribution is 5.49. The maximum atomic E-state index is 5.06. The molecule has 0 radical (unpaired) electrons. The maximum absolute atomic E-state index is 5.06. The monoisotopic (exact) mass is 236 g/mol. The van der Waals surface area contributed by atoms with Crippen LogP contribution in [0.15, 0.2) is 6.07 Å². The van der Waals surface area contributed by atoms with E-state index in [0.29, 0.717) is 23.9 Å². The van der Waals surface area contributed by atoms with Crippen LogP contribution < -0.4 is 10.6 Å². The Hall–Kier alpha value is -1.36. The van der Waals surface area contributed by atoms with Crippen LogP contribution in [0.3, 0.4) is 0 Å². The molecule has 0 saturated heterocycles. The zero-order valence-electron chi connectivity index (χ0n) is 10.9. The molecular weight excluding hydrogens is 216 g/mol. The fraction of sp³-hybridized carbons (Fsp3) is 0.667. The molecule has 1 aromatic rings. The van der Waals surface area contributed by atoms with Gasteiger partial charge in [-0.15, -0.1) is 0 Å². The van der Waals surface area contributed by atoms with E-state index in [1.807, 2.05) is 13.1 Å². The molecule has 1 aliphatic rings. The highest BCUT2D eigenvalue weighted by Gasteiger charge is 2.45. The van der Waals surface area contributed by atoms with Crippen LogP contribution in [0.25, 0.3) is 0 Å². The fourth-order valence-corrected chi connectivity index (χ4v) is 1.78. The van der Waals surface area contributed by atoms with E-state index in [-0.39, 0.29) is 0 Å². The molecule has 94 valence electrons. The first kappa shape index (κ1) is 12.1. The topological polar surface area (TPSA) is 59.1 Å². The van der Waals surface area contributed by atoms with E-state index in [2.05, 4.69) is 34.4 Å². The molecule has 1 heterocycles. The zero-order valence-corrected chi connectivity index (χ0v) is 10.9. The van der Waals surface area contributed by atoms with Crippen molar-refractivity contribution in [3.8, 4) is 0 Å². The molecule has 2 N–H and O–H groups in total. The molecule has 17 heavy (non-hydrogen) atoms. The lowest BCUT2D eigenvalue weighted by Crippen LogP contribution is -2.12. The van der Waals surface area contributed by atoms with Gasteiger partial charge in [-0.25, -0.2) is 9.97 Å². The van der Waals surface area contributed by atoms with Gasteiger partial charge < -0.3 is 15.4 Å². The van der Waals surface area contributed by atoms with Gasteiger partial charge in [0.25, 0.3) is 0 Å². The van der Waals surface area contributed by atoms with Crippen LogP contribution in [0.1, 0.15) is 26.1 Å². The highest BCUT2D eigenvalue weighted by Crippen LogP contribution is 2.46. The second kappa shape index (κ2) is 4.49. The summed E-state index contributed by atoms with van der Waals surface area (Å²) in [6.45, 7) is 4.93. The van der Waals surface area contributed by atoms with Crippen molar-refractivity contribution in [2.24, 2.45) is 5.41 Å². The second-order valence-electron chi connectivity index (χ2n) is 5.13. The quantitative estimate of drug-likeness (QED) is 0.817. The van der Waals surface area contributed by atoms with E-state index >= 15 is 0 Å². The van der Waals surface area contributed by atoms with Gasteiger partial charge in [0.2, 0.25) is 0 Å². The molecule has 0 bridgehead atoms. The number of nitrogens with zero attached hydrogens (tertiary/aromatic N) is 2. The van der Waals surface area contributed by atoms with Gasteiger partial charge in [-0.05, 0) is 11.8 Å². The van der Waals surface area contributed by atoms with E-state index in [1.54, 1.807) is 7.11 Å². The Bertz CT molecular complexity index is 405. The van der Waals surface area contributed by atoms with Crippen LogP contribution in [0.5, 0.6) is 0 Å². The van der Waals surface area contributed by atoms with Crippen molar-refractivity contribution in [1.82, 2.24) is 9.97 Å². The van der Waals surface area contributed by atoms with Crippen LogP contribution in [0.2, 0.25) is 0 Å². The smallest absolute Gasteiger partial charge is 0.158 e. The van der Waals surface area contributed by atoms with Crippen LogP contribution in [0, 0.1) is 5.41 Å². The lowest BCUT2D eigenvalue weighted by molar-refractivity contribution is 0.178. The molecule has 2 rings (SSSR count). The van der Waals surface area contributed by atoms with Crippen LogP contribution in [-0.2, 0) is 11.3 Å². The summed E-state index contributed by atoms with van der Waals surface area (Å²) in [4.78, 5) is 8.75.